The highest BCUT2D eigenvalue weighted by Crippen LogP contribution is 2.45. The summed E-state index contributed by atoms with van der Waals surface area (Å²) in [6.45, 7) is 13.1. The predicted octanol–water partition coefficient (Wildman–Crippen LogP) is 5.33. The van der Waals surface area contributed by atoms with E-state index in [1.165, 1.54) is 37.8 Å². The van der Waals surface area contributed by atoms with Crippen molar-refractivity contribution < 1.29 is 13.9 Å². The molecule has 4 unspecified atom stereocenters. The predicted molar refractivity (Wildman–Crippen MR) is 150 cm³/mol. The molecule has 4 heterocycles. The molecule has 4 aliphatic rings. The molecule has 3 aliphatic heterocycles. The number of amides is 1. The molecule has 1 aromatic carbocycles. The van der Waals surface area contributed by atoms with Crippen molar-refractivity contribution in [2.24, 2.45) is 11.8 Å². The van der Waals surface area contributed by atoms with Gasteiger partial charge in [0, 0.05) is 30.1 Å². The zero-order chi connectivity index (χ0) is 26.6. The van der Waals surface area contributed by atoms with E-state index in [1.807, 2.05) is 32.9 Å². The first-order chi connectivity index (χ1) is 18.3. The minimum atomic E-state index is -0.422. The van der Waals surface area contributed by atoms with E-state index < -0.39 is 5.63 Å². The maximum Gasteiger partial charge on any atom is 0.340 e. The highest BCUT2D eigenvalue weighted by Gasteiger charge is 2.46. The number of nitrogens with zero attached hydrogens (tertiary/aromatic N) is 2. The van der Waals surface area contributed by atoms with Gasteiger partial charge in [0.1, 0.15) is 17.9 Å². The van der Waals surface area contributed by atoms with Crippen LogP contribution in [0.15, 0.2) is 45.1 Å². The number of rotatable bonds is 5. The summed E-state index contributed by atoms with van der Waals surface area (Å²) in [5, 5.41) is 0.857. The Morgan fingerprint density at radius 3 is 2.82 bits per heavy atom. The van der Waals surface area contributed by atoms with Crippen LogP contribution in [0.5, 0.6) is 5.75 Å². The molecule has 3 fully saturated rings. The Bertz CT molecular complexity index is 1370. The zero-order valence-electron chi connectivity index (χ0n) is 23.1. The largest absolute Gasteiger partial charge is 0.489 e. The van der Waals surface area contributed by atoms with E-state index in [1.54, 1.807) is 0 Å². The minimum absolute atomic E-state index is 0.0488. The van der Waals surface area contributed by atoms with E-state index >= 15 is 0 Å². The van der Waals surface area contributed by atoms with Crippen LogP contribution in [0.2, 0.25) is 0 Å². The number of likely N-dealkylation sites (tertiary alicyclic amines) is 1. The summed E-state index contributed by atoms with van der Waals surface area (Å²) in [5.41, 5.74) is 4.58. The Morgan fingerprint density at radius 2 is 2.00 bits per heavy atom. The number of ether oxygens (including phenoxy) is 1. The molecule has 6 heteroatoms. The fourth-order valence-electron chi connectivity index (χ4n) is 7.64. The first-order valence-electron chi connectivity index (χ1n) is 14.4. The lowest BCUT2D eigenvalue weighted by Crippen LogP contribution is -2.60. The van der Waals surface area contributed by atoms with Crippen LogP contribution in [-0.2, 0) is 11.2 Å². The van der Waals surface area contributed by atoms with Crippen molar-refractivity contribution in [1.82, 2.24) is 9.80 Å². The Balaban J connectivity index is 1.27. The second-order valence-electron chi connectivity index (χ2n) is 12.1. The summed E-state index contributed by atoms with van der Waals surface area (Å²) in [6, 6.07) is 4.72. The summed E-state index contributed by atoms with van der Waals surface area (Å²) < 4.78 is 11.7. The zero-order valence-corrected chi connectivity index (χ0v) is 23.1. The third-order valence-electron chi connectivity index (χ3n) is 9.43. The van der Waals surface area contributed by atoms with Gasteiger partial charge in [0.25, 0.3) is 0 Å². The maximum absolute atomic E-state index is 13.9. The summed E-state index contributed by atoms with van der Waals surface area (Å²) in [4.78, 5) is 31.9. The van der Waals surface area contributed by atoms with Gasteiger partial charge in [-0.1, -0.05) is 24.6 Å². The van der Waals surface area contributed by atoms with Crippen LogP contribution < -0.4 is 10.4 Å². The number of benzene rings is 1. The average molecular weight is 517 g/mol. The van der Waals surface area contributed by atoms with Gasteiger partial charge in [0.05, 0.1) is 18.0 Å². The molecule has 0 spiro atoms. The third kappa shape index (κ3) is 4.41. The minimum Gasteiger partial charge on any atom is -0.489 e. The Kier molecular flexibility index (Phi) is 6.71. The van der Waals surface area contributed by atoms with Gasteiger partial charge in [-0.05, 0) is 94.5 Å². The molecule has 3 saturated heterocycles. The van der Waals surface area contributed by atoms with E-state index in [0.717, 1.165) is 48.0 Å². The molecule has 1 amide bonds. The second kappa shape index (κ2) is 10.0. The van der Waals surface area contributed by atoms with Crippen molar-refractivity contribution >= 4 is 16.9 Å². The smallest absolute Gasteiger partial charge is 0.340 e. The SMILES string of the molecule is C=C(C)COc1ccc2c(C)c(CC(=O)N3CCCC4=CC5CC(CN6CCCCC56)C43)c(=O)oc2c1C. The topological polar surface area (TPSA) is 63.0 Å². The lowest BCUT2D eigenvalue weighted by molar-refractivity contribution is -0.135. The molecule has 6 rings (SSSR count). The normalized spacial score (nSPS) is 26.9. The quantitative estimate of drug-likeness (QED) is 0.397. The van der Waals surface area contributed by atoms with Gasteiger partial charge in [-0.15, -0.1) is 0 Å². The number of carbonyl (C=O) groups excluding carboxylic acids is 1. The van der Waals surface area contributed by atoms with E-state index in [0.29, 0.717) is 41.4 Å². The fourth-order valence-corrected chi connectivity index (χ4v) is 7.64. The molecular formula is C32H40N2O4. The third-order valence-corrected chi connectivity index (χ3v) is 9.43. The van der Waals surface area contributed by atoms with Crippen molar-refractivity contribution in [2.45, 2.75) is 77.8 Å². The van der Waals surface area contributed by atoms with Gasteiger partial charge in [-0.2, -0.15) is 0 Å². The highest BCUT2D eigenvalue weighted by atomic mass is 16.5. The van der Waals surface area contributed by atoms with Crippen LogP contribution in [0.4, 0.5) is 0 Å². The molecule has 2 aromatic rings. The molecule has 4 atom stereocenters. The van der Waals surface area contributed by atoms with E-state index in [-0.39, 0.29) is 18.4 Å². The standard InChI is InChI=1S/C32H40N2O4/c1-19(2)18-37-28-11-10-25-20(3)26(32(36)38-31(25)21(28)4)16-29(35)34-13-7-8-22-14-23-15-24(30(22)34)17-33-12-6-5-9-27(23)33/h10-11,14,23-24,27,30H,1,5-9,12-13,15-18H2,2-4H3. The number of aryl methyl sites for hydroxylation is 2. The van der Waals surface area contributed by atoms with E-state index in [2.05, 4.69) is 22.5 Å². The molecule has 0 N–H and O–H groups in total. The molecular weight excluding hydrogens is 476 g/mol. The summed E-state index contributed by atoms with van der Waals surface area (Å²) in [6.07, 6.45) is 9.85. The van der Waals surface area contributed by atoms with Gasteiger partial charge < -0.3 is 14.1 Å². The van der Waals surface area contributed by atoms with Crippen LogP contribution in [0.3, 0.4) is 0 Å². The molecule has 1 aliphatic carbocycles. The number of hydrogen-bond acceptors (Lipinski definition) is 5. The molecule has 1 aromatic heterocycles. The molecule has 202 valence electrons. The number of carbonyl (C=O) groups is 1. The van der Waals surface area contributed by atoms with Gasteiger partial charge >= 0.3 is 5.63 Å². The Hall–Kier alpha value is -2.86. The van der Waals surface area contributed by atoms with Crippen molar-refractivity contribution in [1.29, 1.82) is 0 Å². The summed E-state index contributed by atoms with van der Waals surface area (Å²) in [5.74, 6) is 1.86. The fraction of sp³-hybridized carbons (Fsp3) is 0.562. The van der Waals surface area contributed by atoms with Crippen LogP contribution in [0.25, 0.3) is 11.0 Å². The van der Waals surface area contributed by atoms with Crippen molar-refractivity contribution in [3.8, 4) is 5.75 Å². The number of piperidine rings is 3. The lowest BCUT2D eigenvalue weighted by Gasteiger charge is -2.54. The lowest BCUT2D eigenvalue weighted by atomic mass is 9.68. The maximum atomic E-state index is 13.9. The summed E-state index contributed by atoms with van der Waals surface area (Å²) >= 11 is 0. The summed E-state index contributed by atoms with van der Waals surface area (Å²) in [7, 11) is 0. The Morgan fingerprint density at radius 1 is 1.16 bits per heavy atom. The van der Waals surface area contributed by atoms with Gasteiger partial charge in [-0.3, -0.25) is 9.69 Å². The molecule has 6 nitrogen and oxygen atoms in total. The van der Waals surface area contributed by atoms with Crippen LogP contribution in [0, 0.1) is 25.7 Å². The molecule has 38 heavy (non-hydrogen) atoms. The number of fused-ring (bicyclic) bond motifs is 7. The van der Waals surface area contributed by atoms with E-state index in [4.69, 9.17) is 9.15 Å². The highest BCUT2D eigenvalue weighted by molar-refractivity contribution is 5.87. The number of hydrogen-bond donors (Lipinski definition) is 0. The van der Waals surface area contributed by atoms with Crippen LogP contribution >= 0.6 is 0 Å². The van der Waals surface area contributed by atoms with E-state index in [9.17, 15) is 9.59 Å². The van der Waals surface area contributed by atoms with Crippen molar-refractivity contribution in [3.05, 3.63) is 63.0 Å². The second-order valence-corrected chi connectivity index (χ2v) is 12.1. The first-order valence-corrected chi connectivity index (χ1v) is 14.4. The van der Waals surface area contributed by atoms with Crippen molar-refractivity contribution in [3.63, 3.8) is 0 Å². The van der Waals surface area contributed by atoms with Gasteiger partial charge in [0.15, 0.2) is 0 Å². The molecule has 0 radical (unpaired) electrons. The molecule has 0 saturated carbocycles. The van der Waals surface area contributed by atoms with Gasteiger partial charge in [0.2, 0.25) is 5.91 Å². The average Bonchev–Trinajstić information content (AvgIpc) is 2.90. The van der Waals surface area contributed by atoms with Crippen molar-refractivity contribution in [2.75, 3.05) is 26.2 Å². The first kappa shape index (κ1) is 25.4. The molecule has 2 bridgehead atoms. The van der Waals surface area contributed by atoms with Crippen LogP contribution in [-0.4, -0.2) is 54.0 Å². The van der Waals surface area contributed by atoms with Crippen LogP contribution in [0.1, 0.15) is 62.1 Å². The Labute approximate surface area is 225 Å². The van der Waals surface area contributed by atoms with Gasteiger partial charge in [-0.25, -0.2) is 4.79 Å². The monoisotopic (exact) mass is 516 g/mol.